The van der Waals surface area contributed by atoms with Crippen LogP contribution in [0.15, 0.2) is 225 Å². The average Bonchev–Trinajstić information content (AvgIpc) is 3.92. The monoisotopic (exact) mass is 1030 g/mol. The van der Waals surface area contributed by atoms with Crippen LogP contribution in [0.4, 0.5) is 0 Å². The number of nitrogens with zero attached hydrogens (tertiary/aromatic N) is 6. The average molecular weight is 1030 g/mol. The number of benzene rings is 9. The second kappa shape index (κ2) is 16.6. The Balaban J connectivity index is 0.00000468. The summed E-state index contributed by atoms with van der Waals surface area (Å²) in [6.07, 6.45) is 1.88. The van der Waals surface area contributed by atoms with Gasteiger partial charge in [-0.05, 0) is 69.6 Å². The molecule has 0 fully saturated rings. The maximum Gasteiger partial charge on any atom is 0.238 e. The van der Waals surface area contributed by atoms with Gasteiger partial charge in [0.2, 0.25) is 5.95 Å². The van der Waals surface area contributed by atoms with Crippen LogP contribution in [-0.4, -0.2) is 29.1 Å². The summed E-state index contributed by atoms with van der Waals surface area (Å²) in [5.74, 6) is 1.74. The molecule has 0 spiro atoms. The van der Waals surface area contributed by atoms with Crippen LogP contribution in [-0.2, 0) is 20.1 Å². The van der Waals surface area contributed by atoms with Crippen molar-refractivity contribution in [3.05, 3.63) is 231 Å². The third-order valence-corrected chi connectivity index (χ3v) is 12.7. The summed E-state index contributed by atoms with van der Waals surface area (Å²) in [7, 11) is 0. The van der Waals surface area contributed by atoms with Crippen molar-refractivity contribution in [3.63, 3.8) is 0 Å². The molecule has 67 heavy (non-hydrogen) atoms. The van der Waals surface area contributed by atoms with Gasteiger partial charge in [-0.2, -0.15) is 9.97 Å². The zero-order valence-corrected chi connectivity index (χ0v) is 38.3. The quantitative estimate of drug-likeness (QED) is 0.149. The molecule has 7 heteroatoms. The molecule has 0 saturated heterocycles. The largest absolute Gasteiger partial charge is 0.307 e. The summed E-state index contributed by atoms with van der Waals surface area (Å²) in [5.41, 5.74) is 13.4. The first-order valence-electron chi connectivity index (χ1n) is 22.1. The van der Waals surface area contributed by atoms with Crippen molar-refractivity contribution in [2.45, 2.75) is 0 Å². The minimum atomic E-state index is 0. The molecule has 0 aliphatic rings. The van der Waals surface area contributed by atoms with E-state index < -0.39 is 0 Å². The minimum absolute atomic E-state index is 0. The molecule has 0 N–H and O–H groups in total. The molecule has 9 aromatic carbocycles. The molecule has 0 aliphatic carbocycles. The zero-order valence-electron chi connectivity index (χ0n) is 35.9. The first-order chi connectivity index (χ1) is 32.7. The minimum Gasteiger partial charge on any atom is -0.307 e. The Bertz CT molecular complexity index is 3930. The number of para-hydroxylation sites is 1. The Labute approximate surface area is 399 Å². The zero-order chi connectivity index (χ0) is 43.6. The van der Waals surface area contributed by atoms with E-state index in [2.05, 4.69) is 191 Å². The van der Waals surface area contributed by atoms with Crippen molar-refractivity contribution in [2.75, 3.05) is 0 Å². The molecule has 1 radical (unpaired) electrons. The van der Waals surface area contributed by atoms with E-state index in [4.69, 9.17) is 19.9 Å². The topological polar surface area (TPSA) is 61.4 Å². The molecule has 0 aliphatic heterocycles. The summed E-state index contributed by atoms with van der Waals surface area (Å²) in [5, 5.41) is 6.72. The summed E-state index contributed by atoms with van der Waals surface area (Å²) in [6.45, 7) is 0. The summed E-state index contributed by atoms with van der Waals surface area (Å²) < 4.78 is 4.68. The normalized spacial score (nSPS) is 11.5. The third-order valence-electron chi connectivity index (χ3n) is 12.7. The third kappa shape index (κ3) is 6.83. The number of hydrogen-bond acceptors (Lipinski definition) is 4. The van der Waals surface area contributed by atoms with Crippen molar-refractivity contribution < 1.29 is 20.1 Å². The Morgan fingerprint density at radius 1 is 0.373 bits per heavy atom. The van der Waals surface area contributed by atoms with Gasteiger partial charge in [-0.3, -0.25) is 4.57 Å². The number of aromatic nitrogens is 6. The maximum atomic E-state index is 5.36. The first-order valence-corrected chi connectivity index (χ1v) is 22.1. The molecule has 317 valence electrons. The van der Waals surface area contributed by atoms with E-state index in [1.807, 2.05) is 48.7 Å². The van der Waals surface area contributed by atoms with Crippen LogP contribution in [0.1, 0.15) is 0 Å². The van der Waals surface area contributed by atoms with Crippen LogP contribution < -0.4 is 0 Å². The molecule has 0 bridgehead atoms. The van der Waals surface area contributed by atoms with E-state index in [1.54, 1.807) is 0 Å². The Morgan fingerprint density at radius 3 is 1.70 bits per heavy atom. The summed E-state index contributed by atoms with van der Waals surface area (Å²) >= 11 is 0. The standard InChI is InChI=1S/C60H37N6.Ir/c1-4-16-39(17-5-1)44-24-15-26-47(37-44)65-53-29-13-12-28-49(53)50-31-32-51-52-38-45(43-23-14-25-46(36-43)55-48-27-11-10-18-40(48)34-35-61-55)30-33-54(52)66(57(51)56(50)65)60-63-58(41-19-6-2-7-20-41)62-59(64-60)42-21-8-3-9-22-42;/h1-24,26-38H;/q-1;. The van der Waals surface area contributed by atoms with E-state index in [0.29, 0.717) is 17.6 Å². The van der Waals surface area contributed by atoms with Crippen LogP contribution >= 0.6 is 0 Å². The van der Waals surface area contributed by atoms with Gasteiger partial charge < -0.3 is 9.55 Å². The van der Waals surface area contributed by atoms with E-state index in [9.17, 15) is 0 Å². The van der Waals surface area contributed by atoms with E-state index in [1.165, 1.54) is 0 Å². The van der Waals surface area contributed by atoms with E-state index >= 15 is 0 Å². The van der Waals surface area contributed by atoms with Crippen molar-refractivity contribution >= 4 is 54.4 Å². The van der Waals surface area contributed by atoms with Crippen LogP contribution in [0, 0.1) is 6.07 Å². The van der Waals surface area contributed by atoms with Crippen LogP contribution in [0.25, 0.3) is 122 Å². The predicted octanol–water partition coefficient (Wildman–Crippen LogP) is 14.7. The molecule has 0 unspecified atom stereocenters. The molecule has 0 saturated carbocycles. The van der Waals surface area contributed by atoms with Gasteiger partial charge in [0.05, 0.1) is 22.1 Å². The van der Waals surface area contributed by atoms with Gasteiger partial charge in [0.1, 0.15) is 0 Å². The van der Waals surface area contributed by atoms with Gasteiger partial charge in [0, 0.05) is 64.7 Å². The van der Waals surface area contributed by atoms with Gasteiger partial charge in [-0.15, -0.1) is 35.4 Å². The number of fused-ring (bicyclic) bond motifs is 8. The fraction of sp³-hybridized carbons (Fsp3) is 0. The van der Waals surface area contributed by atoms with Gasteiger partial charge in [0.25, 0.3) is 0 Å². The molecule has 6 nitrogen and oxygen atoms in total. The number of hydrogen-bond donors (Lipinski definition) is 0. The van der Waals surface area contributed by atoms with Crippen molar-refractivity contribution in [3.8, 4) is 67.9 Å². The van der Waals surface area contributed by atoms with Crippen molar-refractivity contribution in [1.29, 1.82) is 0 Å². The Hall–Kier alpha value is -8.35. The Kier molecular flexibility index (Phi) is 9.94. The van der Waals surface area contributed by atoms with Crippen LogP contribution in [0.5, 0.6) is 0 Å². The van der Waals surface area contributed by atoms with Gasteiger partial charge >= 0.3 is 0 Å². The second-order valence-corrected chi connectivity index (χ2v) is 16.6. The molecule has 0 atom stereocenters. The van der Waals surface area contributed by atoms with Gasteiger partial charge in [0.15, 0.2) is 11.6 Å². The van der Waals surface area contributed by atoms with Crippen molar-refractivity contribution in [2.24, 2.45) is 0 Å². The summed E-state index contributed by atoms with van der Waals surface area (Å²) in [6, 6.07) is 80.1. The van der Waals surface area contributed by atoms with Gasteiger partial charge in [-0.25, -0.2) is 4.98 Å². The van der Waals surface area contributed by atoms with E-state index in [0.717, 1.165) is 105 Å². The molecule has 4 heterocycles. The predicted molar refractivity (Wildman–Crippen MR) is 270 cm³/mol. The number of pyridine rings is 1. The molecule has 4 aromatic heterocycles. The van der Waals surface area contributed by atoms with Crippen molar-refractivity contribution in [1.82, 2.24) is 29.1 Å². The van der Waals surface area contributed by atoms with Crippen LogP contribution in [0.2, 0.25) is 0 Å². The fourth-order valence-corrected chi connectivity index (χ4v) is 9.68. The SMILES string of the molecule is [Ir].[c-]1ccc(-c2ccc3c(c2)c2ccc4c5ccccc5n(-c5cccc(-c6ccccc6)c5)c4c2n3-c2nc(-c3ccccc3)nc(-c3ccccc3)n2)cc1-c1nccc2ccccc12. The Morgan fingerprint density at radius 2 is 0.955 bits per heavy atom. The fourth-order valence-electron chi connectivity index (χ4n) is 9.68. The molecular weight excluding hydrogens is 997 g/mol. The van der Waals surface area contributed by atoms with Gasteiger partial charge in [-0.1, -0.05) is 164 Å². The molecule has 0 amide bonds. The maximum absolute atomic E-state index is 5.36. The molecular formula is C60H37IrN6-. The first kappa shape index (κ1) is 40.2. The smallest absolute Gasteiger partial charge is 0.238 e. The van der Waals surface area contributed by atoms with E-state index in [-0.39, 0.29) is 20.1 Å². The number of rotatable bonds is 7. The van der Waals surface area contributed by atoms with Crippen LogP contribution in [0.3, 0.4) is 0 Å². The molecule has 13 rings (SSSR count). The second-order valence-electron chi connectivity index (χ2n) is 16.6. The molecule has 13 aromatic rings. The summed E-state index contributed by atoms with van der Waals surface area (Å²) in [4.78, 5) is 20.7.